The highest BCUT2D eigenvalue weighted by Crippen LogP contribution is 2.42. The van der Waals surface area contributed by atoms with E-state index in [1.54, 1.807) is 18.2 Å². The van der Waals surface area contributed by atoms with Gasteiger partial charge in [0, 0.05) is 17.2 Å². The van der Waals surface area contributed by atoms with Crippen LogP contribution in [0.3, 0.4) is 0 Å². The Labute approximate surface area is 152 Å². The molecule has 1 aliphatic carbocycles. The Bertz CT molecular complexity index is 915. The number of rotatable bonds is 5. The molecule has 0 spiro atoms. The van der Waals surface area contributed by atoms with Crippen LogP contribution in [0.5, 0.6) is 0 Å². The summed E-state index contributed by atoms with van der Waals surface area (Å²) in [5, 5.41) is 2.62. The van der Waals surface area contributed by atoms with E-state index in [2.05, 4.69) is 18.0 Å². The molecular formula is C21H20N2O3. The van der Waals surface area contributed by atoms with Gasteiger partial charge in [0.25, 0.3) is 0 Å². The van der Waals surface area contributed by atoms with Gasteiger partial charge < -0.3 is 10.5 Å². The summed E-state index contributed by atoms with van der Waals surface area (Å²) in [4.78, 5) is 23.4. The van der Waals surface area contributed by atoms with Crippen LogP contribution in [-0.4, -0.2) is 18.6 Å². The number of fused-ring (bicyclic) bond motifs is 1. The molecule has 26 heavy (non-hydrogen) atoms. The first-order valence-electron chi connectivity index (χ1n) is 8.27. The summed E-state index contributed by atoms with van der Waals surface area (Å²) in [5.41, 5.74) is 10.5. The van der Waals surface area contributed by atoms with E-state index in [9.17, 15) is 9.59 Å². The molecule has 2 amide bonds. The minimum absolute atomic E-state index is 0.0357. The number of benzene rings is 2. The number of primary amides is 1. The second-order valence-electron chi connectivity index (χ2n) is 6.09. The molecule has 0 bridgehead atoms. The molecule has 3 N–H and O–H groups in total. The lowest BCUT2D eigenvalue weighted by molar-refractivity contribution is 0.1000. The van der Waals surface area contributed by atoms with Crippen molar-refractivity contribution in [2.45, 2.75) is 12.8 Å². The summed E-state index contributed by atoms with van der Waals surface area (Å²) in [6.45, 7) is 6.14. The second kappa shape index (κ2) is 7.27. The van der Waals surface area contributed by atoms with Gasteiger partial charge in [-0.1, -0.05) is 43.0 Å². The monoisotopic (exact) mass is 348 g/mol. The normalized spacial score (nSPS) is 15.3. The molecule has 1 aliphatic rings. The van der Waals surface area contributed by atoms with E-state index in [0.29, 0.717) is 11.3 Å². The molecule has 1 unspecified atom stereocenters. The van der Waals surface area contributed by atoms with Gasteiger partial charge in [-0.2, -0.15) is 0 Å². The smallest absolute Gasteiger partial charge is 0.411 e. The molecule has 5 nitrogen and oxygen atoms in total. The van der Waals surface area contributed by atoms with Crippen molar-refractivity contribution < 1.29 is 14.3 Å². The van der Waals surface area contributed by atoms with Crippen molar-refractivity contribution in [3.05, 3.63) is 83.4 Å². The zero-order valence-electron chi connectivity index (χ0n) is 14.5. The van der Waals surface area contributed by atoms with Gasteiger partial charge in [0.2, 0.25) is 5.91 Å². The van der Waals surface area contributed by atoms with Gasteiger partial charge in [0.1, 0.15) is 6.61 Å². The maximum Gasteiger partial charge on any atom is 0.411 e. The summed E-state index contributed by atoms with van der Waals surface area (Å²) in [5.74, 6) is -0.591. The molecule has 0 radical (unpaired) electrons. The van der Waals surface area contributed by atoms with Gasteiger partial charge >= 0.3 is 6.09 Å². The number of nitrogens with one attached hydrogen (secondary N) is 1. The number of carbonyl (C=O) groups excluding carboxylic acids is 2. The number of amides is 2. The molecule has 0 fully saturated rings. The zero-order valence-corrected chi connectivity index (χ0v) is 14.5. The van der Waals surface area contributed by atoms with Gasteiger partial charge in [-0.25, -0.2) is 4.79 Å². The van der Waals surface area contributed by atoms with E-state index < -0.39 is 12.0 Å². The summed E-state index contributed by atoms with van der Waals surface area (Å²) in [7, 11) is 0. The van der Waals surface area contributed by atoms with Crippen molar-refractivity contribution in [3.8, 4) is 0 Å². The van der Waals surface area contributed by atoms with Crippen molar-refractivity contribution >= 4 is 23.3 Å². The summed E-state index contributed by atoms with van der Waals surface area (Å²) < 4.78 is 5.42. The van der Waals surface area contributed by atoms with E-state index in [1.165, 1.54) is 6.07 Å². The minimum Gasteiger partial charge on any atom is -0.448 e. The number of hydrogen-bond acceptors (Lipinski definition) is 3. The SMILES string of the molecule is C=CC1=C(C)c2ccccc2C1COC(=O)Nc1cccc(C(N)=O)c1. The predicted octanol–water partition coefficient (Wildman–Crippen LogP) is 4.09. The molecule has 0 saturated carbocycles. The lowest BCUT2D eigenvalue weighted by Gasteiger charge is -2.15. The first kappa shape index (κ1) is 17.5. The number of ether oxygens (including phenoxy) is 1. The van der Waals surface area contributed by atoms with Crippen LogP contribution in [0, 0.1) is 0 Å². The van der Waals surface area contributed by atoms with Crippen molar-refractivity contribution in [3.63, 3.8) is 0 Å². The minimum atomic E-state index is -0.586. The van der Waals surface area contributed by atoms with Crippen LogP contribution >= 0.6 is 0 Å². The average molecular weight is 348 g/mol. The lowest BCUT2D eigenvalue weighted by atomic mass is 9.97. The fraction of sp³-hybridized carbons (Fsp3) is 0.143. The highest BCUT2D eigenvalue weighted by Gasteiger charge is 2.28. The molecule has 3 rings (SSSR count). The third kappa shape index (κ3) is 3.37. The first-order chi connectivity index (χ1) is 12.5. The second-order valence-corrected chi connectivity index (χ2v) is 6.09. The Balaban J connectivity index is 1.69. The summed E-state index contributed by atoms with van der Waals surface area (Å²) in [6.07, 6.45) is 1.23. The van der Waals surface area contributed by atoms with Crippen LogP contribution in [-0.2, 0) is 4.74 Å². The Hall–Kier alpha value is -3.34. The third-order valence-electron chi connectivity index (χ3n) is 4.54. The van der Waals surface area contributed by atoms with Crippen LogP contribution < -0.4 is 11.1 Å². The number of allylic oxidation sites excluding steroid dienone is 2. The standard InChI is InChI=1S/C21H20N2O3/c1-3-16-13(2)17-9-4-5-10-18(17)19(16)12-26-21(25)23-15-8-6-7-14(11-15)20(22)24/h3-11,19H,1,12H2,2H3,(H2,22,24)(H,23,25). The molecular weight excluding hydrogens is 328 g/mol. The van der Waals surface area contributed by atoms with Crippen molar-refractivity contribution in [1.82, 2.24) is 0 Å². The van der Waals surface area contributed by atoms with Crippen LogP contribution in [0.4, 0.5) is 10.5 Å². The molecule has 0 saturated heterocycles. The Morgan fingerprint density at radius 1 is 1.23 bits per heavy atom. The molecule has 2 aromatic rings. The van der Waals surface area contributed by atoms with Crippen molar-refractivity contribution in [2.75, 3.05) is 11.9 Å². The van der Waals surface area contributed by atoms with Gasteiger partial charge in [-0.3, -0.25) is 10.1 Å². The van der Waals surface area contributed by atoms with E-state index in [4.69, 9.17) is 10.5 Å². The topological polar surface area (TPSA) is 81.4 Å². The lowest BCUT2D eigenvalue weighted by Crippen LogP contribution is -2.18. The quantitative estimate of drug-likeness (QED) is 0.854. The summed E-state index contributed by atoms with van der Waals surface area (Å²) in [6, 6.07) is 14.5. The number of carbonyl (C=O) groups is 2. The number of anilines is 1. The van der Waals surface area contributed by atoms with Gasteiger partial charge in [-0.15, -0.1) is 0 Å². The first-order valence-corrected chi connectivity index (χ1v) is 8.27. The largest absolute Gasteiger partial charge is 0.448 e. The van der Waals surface area contributed by atoms with E-state index in [-0.39, 0.29) is 12.5 Å². The van der Waals surface area contributed by atoms with Gasteiger partial charge in [0.15, 0.2) is 0 Å². The van der Waals surface area contributed by atoms with E-state index in [0.717, 1.165) is 22.3 Å². The Morgan fingerprint density at radius 2 is 2.00 bits per heavy atom. The highest BCUT2D eigenvalue weighted by atomic mass is 16.5. The number of hydrogen-bond donors (Lipinski definition) is 2. The molecule has 0 aromatic heterocycles. The van der Waals surface area contributed by atoms with E-state index in [1.807, 2.05) is 31.2 Å². The molecule has 0 heterocycles. The fourth-order valence-electron chi connectivity index (χ4n) is 3.26. The van der Waals surface area contributed by atoms with Crippen LogP contribution in [0.25, 0.3) is 5.57 Å². The van der Waals surface area contributed by atoms with Gasteiger partial charge in [-0.05, 0) is 47.4 Å². The van der Waals surface area contributed by atoms with Gasteiger partial charge in [0.05, 0.1) is 0 Å². The van der Waals surface area contributed by atoms with Crippen LogP contribution in [0.2, 0.25) is 0 Å². The highest BCUT2D eigenvalue weighted by molar-refractivity contribution is 5.95. The molecule has 5 heteroatoms. The van der Waals surface area contributed by atoms with E-state index >= 15 is 0 Å². The van der Waals surface area contributed by atoms with Crippen LogP contribution in [0.15, 0.2) is 66.8 Å². The van der Waals surface area contributed by atoms with Crippen LogP contribution in [0.1, 0.15) is 34.3 Å². The molecule has 2 aromatic carbocycles. The average Bonchev–Trinajstić information content (AvgIpc) is 2.92. The molecule has 1 atom stereocenters. The zero-order chi connectivity index (χ0) is 18.7. The van der Waals surface area contributed by atoms with Crippen molar-refractivity contribution in [2.24, 2.45) is 5.73 Å². The predicted molar refractivity (Wildman–Crippen MR) is 102 cm³/mol. The number of nitrogens with two attached hydrogens (primary N) is 1. The fourth-order valence-corrected chi connectivity index (χ4v) is 3.26. The maximum absolute atomic E-state index is 12.1. The third-order valence-corrected chi connectivity index (χ3v) is 4.54. The van der Waals surface area contributed by atoms with Crippen molar-refractivity contribution in [1.29, 1.82) is 0 Å². The Kier molecular flexibility index (Phi) is 4.89. The maximum atomic E-state index is 12.1. The molecule has 132 valence electrons. The molecule has 0 aliphatic heterocycles. The summed E-state index contributed by atoms with van der Waals surface area (Å²) >= 11 is 0. The Morgan fingerprint density at radius 3 is 2.73 bits per heavy atom.